The van der Waals surface area contributed by atoms with Gasteiger partial charge in [-0.05, 0) is 37.8 Å². The number of hydrogen-bond acceptors (Lipinski definition) is 6. The van der Waals surface area contributed by atoms with Crippen molar-refractivity contribution < 1.29 is 28.6 Å². The fraction of sp³-hybridized carbons (Fsp3) is 0.516. The summed E-state index contributed by atoms with van der Waals surface area (Å²) in [5.74, 6) is -2.24. The maximum atomic E-state index is 13.2. The van der Waals surface area contributed by atoms with Crippen LogP contribution in [0.25, 0.3) is 0 Å². The lowest BCUT2D eigenvalue weighted by atomic mass is 9.98. The zero-order valence-corrected chi connectivity index (χ0v) is 24.4. The molecule has 2 rings (SSSR count). The lowest BCUT2D eigenvalue weighted by molar-refractivity contribution is -0.161. The van der Waals surface area contributed by atoms with Crippen molar-refractivity contribution in [2.24, 2.45) is 5.92 Å². The molecular weight excluding hydrogens is 496 g/mol. The quantitative estimate of drug-likeness (QED) is 0.102. The number of rotatable bonds is 18. The first-order valence-electron chi connectivity index (χ1n) is 13.8. The van der Waals surface area contributed by atoms with Gasteiger partial charge in [-0.2, -0.15) is 0 Å². The molecule has 2 aromatic rings. The molecule has 208 valence electrons. The van der Waals surface area contributed by atoms with Gasteiger partial charge in [-0.1, -0.05) is 91.8 Å². The zero-order chi connectivity index (χ0) is 27.8. The molecule has 0 saturated carbocycles. The molecule has 38 heavy (non-hydrogen) atoms. The van der Waals surface area contributed by atoms with Crippen LogP contribution in [0.3, 0.4) is 0 Å². The van der Waals surface area contributed by atoms with Gasteiger partial charge < -0.3 is 14.2 Å². The summed E-state index contributed by atoms with van der Waals surface area (Å²) in [6.45, 7) is 9.30. The van der Waals surface area contributed by atoms with Crippen molar-refractivity contribution in [2.75, 3.05) is 19.8 Å². The van der Waals surface area contributed by atoms with Crippen molar-refractivity contribution in [3.63, 3.8) is 0 Å². The highest BCUT2D eigenvalue weighted by atomic mass is 28.3. The van der Waals surface area contributed by atoms with Crippen LogP contribution in [0.4, 0.5) is 0 Å². The molecule has 0 aromatic heterocycles. The van der Waals surface area contributed by atoms with E-state index in [0.29, 0.717) is 19.6 Å². The Hall–Kier alpha value is -2.77. The van der Waals surface area contributed by atoms with Crippen LogP contribution in [-0.2, 0) is 35.2 Å². The fourth-order valence-corrected chi connectivity index (χ4v) is 8.07. The van der Waals surface area contributed by atoms with E-state index in [4.69, 9.17) is 14.2 Å². The molecule has 0 heterocycles. The molecule has 0 aliphatic heterocycles. The molecule has 0 spiro atoms. The van der Waals surface area contributed by atoms with Crippen LogP contribution in [0.1, 0.15) is 57.9 Å². The fourth-order valence-electron chi connectivity index (χ4n) is 4.75. The second-order valence-electron chi connectivity index (χ2n) is 10.1. The summed E-state index contributed by atoms with van der Waals surface area (Å²) in [5, 5.41) is 1.09. The van der Waals surface area contributed by atoms with Gasteiger partial charge >= 0.3 is 11.9 Å². The molecule has 6 nitrogen and oxygen atoms in total. The number of esters is 2. The van der Waals surface area contributed by atoms with E-state index in [1.807, 2.05) is 48.5 Å². The molecule has 0 amide bonds. The summed E-state index contributed by atoms with van der Waals surface area (Å²) < 4.78 is 16.3. The van der Waals surface area contributed by atoms with Crippen LogP contribution in [0, 0.1) is 5.92 Å². The molecule has 0 aliphatic carbocycles. The average Bonchev–Trinajstić information content (AvgIpc) is 2.91. The first-order chi connectivity index (χ1) is 18.3. The summed E-state index contributed by atoms with van der Waals surface area (Å²) in [6.07, 6.45) is 4.25. The number of unbranched alkanes of at least 4 members (excludes halogenated alkanes) is 3. The molecule has 7 heteroatoms. The Labute approximate surface area is 229 Å². The van der Waals surface area contributed by atoms with Crippen LogP contribution in [-0.4, -0.2) is 45.6 Å². The van der Waals surface area contributed by atoms with Crippen LogP contribution < -0.4 is 5.19 Å². The molecule has 2 aromatic carbocycles. The zero-order valence-electron chi connectivity index (χ0n) is 23.4. The van der Waals surface area contributed by atoms with E-state index in [1.54, 1.807) is 13.8 Å². The number of ether oxygens (including phenoxy) is 3. The lowest BCUT2D eigenvalue weighted by Crippen LogP contribution is -2.52. The number of benzene rings is 2. The van der Waals surface area contributed by atoms with Crippen LogP contribution in [0.2, 0.25) is 18.6 Å². The highest BCUT2D eigenvalue weighted by Crippen LogP contribution is 2.36. The van der Waals surface area contributed by atoms with Gasteiger partial charge in [0, 0.05) is 19.4 Å². The van der Waals surface area contributed by atoms with E-state index < -0.39 is 31.5 Å². The highest BCUT2D eigenvalue weighted by molar-refractivity contribution is 6.91. The van der Waals surface area contributed by atoms with E-state index in [9.17, 15) is 14.4 Å². The molecule has 0 fully saturated rings. The third-order valence-corrected chi connectivity index (χ3v) is 11.2. The predicted molar refractivity (Wildman–Crippen MR) is 153 cm³/mol. The second-order valence-corrected chi connectivity index (χ2v) is 14.9. The Morgan fingerprint density at radius 2 is 1.32 bits per heavy atom. The van der Waals surface area contributed by atoms with Gasteiger partial charge in [0.15, 0.2) is 5.92 Å². The number of hydrogen-bond donors (Lipinski definition) is 0. The Kier molecular flexibility index (Phi) is 14.0. The van der Waals surface area contributed by atoms with Crippen LogP contribution in [0.5, 0.6) is 0 Å². The first-order valence-corrected chi connectivity index (χ1v) is 16.9. The molecular formula is C31H44O6Si. The Morgan fingerprint density at radius 1 is 0.763 bits per heavy atom. The van der Waals surface area contributed by atoms with Crippen molar-refractivity contribution in [2.45, 2.75) is 77.6 Å². The summed E-state index contributed by atoms with van der Waals surface area (Å²) in [7, 11) is -2.45. The maximum absolute atomic E-state index is 13.2. The van der Waals surface area contributed by atoms with Gasteiger partial charge in [0.2, 0.25) is 0 Å². The molecule has 0 bridgehead atoms. The number of carbonyl (C=O) groups is 3. The van der Waals surface area contributed by atoms with E-state index in [1.165, 1.54) is 5.56 Å². The number of ketones is 1. The van der Waals surface area contributed by atoms with E-state index in [-0.39, 0.29) is 25.4 Å². The number of carbonyl (C=O) groups excluding carboxylic acids is 3. The smallest absolute Gasteiger partial charge is 0.320 e. The molecule has 0 unspecified atom stereocenters. The van der Waals surface area contributed by atoms with Gasteiger partial charge in [0.05, 0.1) is 27.9 Å². The third-order valence-electron chi connectivity index (χ3n) is 6.98. The Balaban J connectivity index is 1.97. The maximum Gasteiger partial charge on any atom is 0.320 e. The minimum Gasteiger partial charge on any atom is -0.465 e. The topological polar surface area (TPSA) is 78.9 Å². The molecule has 1 atom stereocenters. The van der Waals surface area contributed by atoms with Gasteiger partial charge in [-0.15, -0.1) is 0 Å². The second kappa shape index (κ2) is 16.9. The van der Waals surface area contributed by atoms with Gasteiger partial charge in [0.1, 0.15) is 5.78 Å². The van der Waals surface area contributed by atoms with E-state index in [2.05, 4.69) is 25.2 Å². The van der Waals surface area contributed by atoms with Gasteiger partial charge in [0.25, 0.3) is 0 Å². The highest BCUT2D eigenvalue weighted by Gasteiger charge is 2.47. The van der Waals surface area contributed by atoms with Crippen LogP contribution in [0.15, 0.2) is 60.7 Å². The van der Waals surface area contributed by atoms with Crippen molar-refractivity contribution in [3.05, 3.63) is 66.2 Å². The third kappa shape index (κ3) is 10.2. The van der Waals surface area contributed by atoms with Gasteiger partial charge in [-0.25, -0.2) is 0 Å². The summed E-state index contributed by atoms with van der Waals surface area (Å²) >= 11 is 0. The molecule has 0 N–H and O–H groups in total. The molecule has 0 aliphatic rings. The van der Waals surface area contributed by atoms with E-state index in [0.717, 1.165) is 30.9 Å². The standard InChI is InChI=1S/C31H44O6Si/c1-5-36-30(33)29(31(34)37-6-2)28(38(3,4)27-20-14-10-15-21-27)23-26(32)19-13-7-8-16-22-35-24-25-17-11-9-12-18-25/h9-12,14-15,17-18,20-21,28-29H,5-8,13,16,19,22-24H2,1-4H3/t28-/m0/s1. The lowest BCUT2D eigenvalue weighted by Gasteiger charge is -2.36. The monoisotopic (exact) mass is 540 g/mol. The Morgan fingerprint density at radius 3 is 1.89 bits per heavy atom. The van der Waals surface area contributed by atoms with Crippen molar-refractivity contribution >= 4 is 31.0 Å². The minimum atomic E-state index is -2.45. The van der Waals surface area contributed by atoms with Gasteiger partial charge in [-0.3, -0.25) is 14.4 Å². The normalized spacial score (nSPS) is 12.2. The largest absolute Gasteiger partial charge is 0.465 e. The van der Waals surface area contributed by atoms with E-state index >= 15 is 0 Å². The molecule has 0 radical (unpaired) electrons. The summed E-state index contributed by atoms with van der Waals surface area (Å²) in [4.78, 5) is 39.2. The predicted octanol–water partition coefficient (Wildman–Crippen LogP) is 5.84. The molecule has 0 saturated heterocycles. The van der Waals surface area contributed by atoms with Crippen LogP contribution >= 0.6 is 0 Å². The van der Waals surface area contributed by atoms with Crippen molar-refractivity contribution in [1.29, 1.82) is 0 Å². The first kappa shape index (κ1) is 31.4. The minimum absolute atomic E-state index is 0.0745. The average molecular weight is 541 g/mol. The van der Waals surface area contributed by atoms with Crippen molar-refractivity contribution in [1.82, 2.24) is 0 Å². The Bertz CT molecular complexity index is 958. The van der Waals surface area contributed by atoms with Crippen molar-refractivity contribution in [3.8, 4) is 0 Å². The number of Topliss-reactive ketones (excluding diaryl/α,β-unsaturated/α-hetero) is 1. The SMILES string of the molecule is CCOC(=O)C(C(=O)OCC)[C@H](CC(=O)CCCCCCOCc1ccccc1)[Si](C)(C)c1ccccc1. The summed E-state index contributed by atoms with van der Waals surface area (Å²) in [6, 6.07) is 20.0. The summed E-state index contributed by atoms with van der Waals surface area (Å²) in [5.41, 5.74) is 0.709.